The fraction of sp³-hybridized carbons (Fsp3) is 0.379. The maximum absolute atomic E-state index is 12.9. The summed E-state index contributed by atoms with van der Waals surface area (Å²) >= 11 is 0. The fourth-order valence-electron chi connectivity index (χ4n) is 6.65. The minimum absolute atomic E-state index is 0.0656. The van der Waals surface area contributed by atoms with Crippen molar-refractivity contribution < 1.29 is 9.53 Å². The minimum Gasteiger partial charge on any atom is -0.490 e. The van der Waals surface area contributed by atoms with Crippen LogP contribution in [0.4, 0.5) is 4.79 Å². The number of nitriles is 2. The van der Waals surface area contributed by atoms with E-state index in [1.54, 1.807) is 18.0 Å². The first-order valence-electron chi connectivity index (χ1n) is 13.2. The average molecular weight is 532 g/mol. The number of fused-ring (bicyclic) bond motifs is 4. The first-order chi connectivity index (χ1) is 19.5. The summed E-state index contributed by atoms with van der Waals surface area (Å²) in [7, 11) is 0. The molecule has 7 rings (SSSR count). The summed E-state index contributed by atoms with van der Waals surface area (Å²) in [4.78, 5) is 17.0. The maximum Gasteiger partial charge on any atom is 0.341 e. The third-order valence-corrected chi connectivity index (χ3v) is 8.53. The van der Waals surface area contributed by atoms with Gasteiger partial charge < -0.3 is 9.64 Å². The molecule has 198 valence electrons. The van der Waals surface area contributed by atoms with Crippen molar-refractivity contribution in [1.82, 2.24) is 25.0 Å². The third-order valence-electron chi connectivity index (χ3n) is 8.53. The summed E-state index contributed by atoms with van der Waals surface area (Å²) < 4.78 is 6.47. The zero-order valence-electron chi connectivity index (χ0n) is 22.1. The van der Waals surface area contributed by atoms with Crippen LogP contribution in [-0.2, 0) is 6.54 Å². The number of benzene rings is 2. The Bertz CT molecular complexity index is 1760. The number of amides is 2. The van der Waals surface area contributed by atoms with E-state index in [4.69, 9.17) is 10.00 Å². The Balaban J connectivity index is 1.19. The number of aromatic amines is 1. The Morgan fingerprint density at radius 3 is 2.83 bits per heavy atom. The van der Waals surface area contributed by atoms with Gasteiger partial charge in [-0.25, -0.2) is 4.79 Å². The summed E-state index contributed by atoms with van der Waals surface area (Å²) in [5.41, 5.74) is 5.78. The van der Waals surface area contributed by atoms with Crippen LogP contribution in [0.2, 0.25) is 0 Å². The summed E-state index contributed by atoms with van der Waals surface area (Å²) in [6.07, 6.45) is 1.79. The number of hydrogen-bond acceptors (Lipinski definition) is 8. The van der Waals surface area contributed by atoms with Crippen LogP contribution >= 0.6 is 0 Å². The van der Waals surface area contributed by atoms with E-state index in [1.807, 2.05) is 25.1 Å². The van der Waals surface area contributed by atoms with Crippen molar-refractivity contribution in [3.05, 3.63) is 46.6 Å². The molecule has 2 amide bonds. The van der Waals surface area contributed by atoms with E-state index in [1.165, 1.54) is 5.01 Å². The molecule has 1 aromatic heterocycles. The van der Waals surface area contributed by atoms with E-state index in [0.717, 1.165) is 45.3 Å². The lowest BCUT2D eigenvalue weighted by atomic mass is 9.66. The number of aryl methyl sites for hydroxylation is 1. The Kier molecular flexibility index (Phi) is 5.31. The van der Waals surface area contributed by atoms with Crippen LogP contribution in [0, 0.1) is 46.8 Å². The zero-order valence-corrected chi connectivity index (χ0v) is 22.1. The highest BCUT2D eigenvalue weighted by atomic mass is 16.5. The minimum atomic E-state index is -0.599. The van der Waals surface area contributed by atoms with Crippen molar-refractivity contribution >= 4 is 16.9 Å². The number of carbonyl (C=O) groups excluding carboxylic acids is 1. The van der Waals surface area contributed by atoms with Gasteiger partial charge in [0, 0.05) is 53.7 Å². The predicted octanol–water partition coefficient (Wildman–Crippen LogP) is 3.35. The largest absolute Gasteiger partial charge is 0.490 e. The number of likely N-dealkylation sites (tertiary alicyclic amines) is 1. The van der Waals surface area contributed by atoms with Crippen LogP contribution in [0.15, 0.2) is 34.7 Å². The summed E-state index contributed by atoms with van der Waals surface area (Å²) in [6.45, 7) is 7.12. The summed E-state index contributed by atoms with van der Waals surface area (Å²) in [5.74, 6) is 6.88. The van der Waals surface area contributed by atoms with Crippen LogP contribution in [0.5, 0.6) is 5.75 Å². The molecule has 2 aromatic carbocycles. The Labute approximate surface area is 230 Å². The number of hydrogen-bond donors (Lipinski definition) is 1. The van der Waals surface area contributed by atoms with Gasteiger partial charge in [0.1, 0.15) is 24.0 Å². The van der Waals surface area contributed by atoms with Crippen molar-refractivity contribution in [3.8, 4) is 40.9 Å². The number of carbonyl (C=O) groups is 1. The molecule has 2 fully saturated rings. The van der Waals surface area contributed by atoms with E-state index in [-0.39, 0.29) is 24.0 Å². The third kappa shape index (κ3) is 3.40. The van der Waals surface area contributed by atoms with Gasteiger partial charge in [-0.2, -0.15) is 20.6 Å². The van der Waals surface area contributed by atoms with Gasteiger partial charge in [-0.15, -0.1) is 11.0 Å². The molecule has 0 aliphatic carbocycles. The Morgan fingerprint density at radius 2 is 2.08 bits per heavy atom. The highest BCUT2D eigenvalue weighted by molar-refractivity contribution is 6.00. The molecule has 5 heterocycles. The van der Waals surface area contributed by atoms with Crippen molar-refractivity contribution in [3.63, 3.8) is 0 Å². The second-order valence-corrected chi connectivity index (χ2v) is 10.9. The molecule has 3 aromatic rings. The molecule has 4 aliphatic rings. The monoisotopic (exact) mass is 531 g/mol. The van der Waals surface area contributed by atoms with Crippen LogP contribution in [0.3, 0.4) is 0 Å². The van der Waals surface area contributed by atoms with Gasteiger partial charge in [0.15, 0.2) is 6.04 Å². The zero-order chi connectivity index (χ0) is 27.6. The van der Waals surface area contributed by atoms with Gasteiger partial charge in [-0.1, -0.05) is 17.2 Å². The second-order valence-electron chi connectivity index (χ2n) is 10.9. The van der Waals surface area contributed by atoms with E-state index in [2.05, 4.69) is 49.4 Å². The number of aromatic nitrogens is 2. The SMILES string of the molecule is CC#Cc1cc2c(c(C#N)c1-c1c(C)ccc3[nH]ncc13)OCC1N(C2)CC12CN(C(=O)N1CC(C#N)N=N1)C2. The van der Waals surface area contributed by atoms with E-state index in [9.17, 15) is 10.1 Å². The molecule has 2 atom stereocenters. The van der Waals surface area contributed by atoms with E-state index < -0.39 is 6.04 Å². The van der Waals surface area contributed by atoms with Crippen molar-refractivity contribution in [2.24, 2.45) is 15.8 Å². The topological polar surface area (TPSA) is 137 Å². The smallest absolute Gasteiger partial charge is 0.341 e. The first kappa shape index (κ1) is 24.1. The number of nitrogens with zero attached hydrogens (tertiary/aromatic N) is 8. The van der Waals surface area contributed by atoms with Crippen LogP contribution in [-0.4, -0.2) is 75.9 Å². The normalized spacial score (nSPS) is 22.1. The maximum atomic E-state index is 12.9. The summed E-state index contributed by atoms with van der Waals surface area (Å²) in [5, 5.41) is 36.7. The molecule has 40 heavy (non-hydrogen) atoms. The van der Waals surface area contributed by atoms with Crippen molar-refractivity contribution in [2.45, 2.75) is 32.5 Å². The lowest BCUT2D eigenvalue weighted by Gasteiger charge is -2.64. The van der Waals surface area contributed by atoms with Gasteiger partial charge in [0.25, 0.3) is 0 Å². The second kappa shape index (κ2) is 8.81. The summed E-state index contributed by atoms with van der Waals surface area (Å²) in [6, 6.07) is 9.86. The molecule has 0 bridgehead atoms. The fourth-order valence-corrected chi connectivity index (χ4v) is 6.65. The Hall–Kier alpha value is -4.92. The van der Waals surface area contributed by atoms with Crippen molar-refractivity contribution in [1.29, 1.82) is 10.5 Å². The molecule has 11 nitrogen and oxygen atoms in total. The number of urea groups is 1. The number of rotatable bonds is 1. The van der Waals surface area contributed by atoms with Gasteiger partial charge in [0.2, 0.25) is 0 Å². The molecular formula is C29H25N9O2. The molecule has 0 radical (unpaired) electrons. The highest BCUT2D eigenvalue weighted by Crippen LogP contribution is 2.50. The molecule has 1 N–H and O–H groups in total. The van der Waals surface area contributed by atoms with E-state index >= 15 is 0 Å². The lowest BCUT2D eigenvalue weighted by molar-refractivity contribution is -0.162. The molecule has 1 spiro atoms. The van der Waals surface area contributed by atoms with Gasteiger partial charge in [-0.3, -0.25) is 10.00 Å². The number of ether oxygens (including phenoxy) is 1. The molecule has 2 unspecified atom stereocenters. The van der Waals surface area contributed by atoms with Crippen molar-refractivity contribution in [2.75, 3.05) is 32.8 Å². The highest BCUT2D eigenvalue weighted by Gasteiger charge is 2.61. The van der Waals surface area contributed by atoms with Gasteiger partial charge in [0.05, 0.1) is 30.4 Å². The molecule has 11 heteroatoms. The molecule has 4 aliphatic heterocycles. The number of nitrogens with one attached hydrogen (secondary N) is 1. The van der Waals surface area contributed by atoms with Crippen LogP contribution in [0.25, 0.3) is 22.0 Å². The standard InChI is InChI=1S/C29H25N9O2/c1-3-4-18-7-19-11-36-14-29(15-37(16-29)28(39)38-12-20(8-30)33-35-38)24(36)13-40-27(19)21(9-31)26(18)25-17(2)5-6-23-22(25)10-32-34-23/h5-7,10,20,24H,11-16H2,1-2H3,(H,32,34). The van der Waals surface area contributed by atoms with Gasteiger partial charge in [-0.05, 0) is 37.1 Å². The van der Waals surface area contributed by atoms with Crippen LogP contribution < -0.4 is 4.74 Å². The average Bonchev–Trinajstić information content (AvgIpc) is 3.57. The quantitative estimate of drug-likeness (QED) is 0.478. The number of H-pyrrole nitrogens is 1. The molecule has 2 saturated heterocycles. The molecule has 0 saturated carbocycles. The first-order valence-corrected chi connectivity index (χ1v) is 13.2. The molecular weight excluding hydrogens is 506 g/mol. The lowest BCUT2D eigenvalue weighted by Crippen LogP contribution is -2.79. The van der Waals surface area contributed by atoms with Gasteiger partial charge >= 0.3 is 6.03 Å². The van der Waals surface area contributed by atoms with Crippen LogP contribution in [0.1, 0.15) is 29.2 Å². The Morgan fingerprint density at radius 1 is 1.23 bits per heavy atom. The predicted molar refractivity (Wildman–Crippen MR) is 144 cm³/mol. The van der Waals surface area contributed by atoms with E-state index in [0.29, 0.717) is 37.6 Å².